The van der Waals surface area contributed by atoms with Gasteiger partial charge in [0.15, 0.2) is 0 Å². The first-order valence-corrected chi connectivity index (χ1v) is 11.5. The molecule has 0 spiro atoms. The summed E-state index contributed by atoms with van der Waals surface area (Å²) in [6.45, 7) is 0. The summed E-state index contributed by atoms with van der Waals surface area (Å²) in [6, 6.07) is 2.14. The molecule has 0 aliphatic rings. The molecule has 0 bridgehead atoms. The highest BCUT2D eigenvalue weighted by molar-refractivity contribution is 6.24. The molecule has 0 radical (unpaired) electrons. The van der Waals surface area contributed by atoms with Crippen LogP contribution in [0.15, 0.2) is 138 Å². The number of hydrogen-bond acceptors (Lipinski definition) is 1. The van der Waals surface area contributed by atoms with Gasteiger partial charge >= 0.3 is 0 Å². The van der Waals surface area contributed by atoms with Crippen LogP contribution in [-0.2, 0) is 0 Å². The molecule has 8 aromatic rings. The predicted octanol–water partition coefficient (Wildman–Crippen LogP) is 10.4. The number of benzene rings is 7. The van der Waals surface area contributed by atoms with Crippen LogP contribution in [0.2, 0.25) is 0 Å². The lowest BCUT2D eigenvalue weighted by Crippen LogP contribution is -1.91. The van der Waals surface area contributed by atoms with E-state index < -0.39 is 107 Å². The third-order valence-corrected chi connectivity index (χ3v) is 6.60. The first kappa shape index (κ1) is 10.6. The molecule has 1 nitrogen and oxygen atoms in total. The highest BCUT2D eigenvalue weighted by Gasteiger charge is 2.18. The Labute approximate surface area is 235 Å². The topological polar surface area (TPSA) is 13.1 Å². The van der Waals surface area contributed by atoms with Crippen molar-refractivity contribution in [2.45, 2.75) is 0 Å². The molecule has 8 rings (SSSR count). The summed E-state index contributed by atoms with van der Waals surface area (Å²) in [4.78, 5) is 0. The second-order valence-electron chi connectivity index (χ2n) is 8.56. The van der Waals surface area contributed by atoms with Crippen molar-refractivity contribution in [1.82, 2.24) is 0 Å². The van der Waals surface area contributed by atoms with Crippen molar-refractivity contribution in [2.24, 2.45) is 0 Å². The van der Waals surface area contributed by atoms with Crippen LogP contribution in [0.1, 0.15) is 20.6 Å². The summed E-state index contributed by atoms with van der Waals surface area (Å²) in [5.74, 6) is 0. The highest BCUT2D eigenvalue weighted by atomic mass is 16.3. The molecule has 37 heavy (non-hydrogen) atoms. The average Bonchev–Trinajstić information content (AvgIpc) is 3.51. The molecule has 0 aliphatic heterocycles. The molecule has 0 saturated carbocycles. The molecule has 0 saturated heterocycles. The Morgan fingerprint density at radius 3 is 1.81 bits per heavy atom. The maximum Gasteiger partial charge on any atom is 0.136 e. The molecule has 7 aromatic carbocycles. The fourth-order valence-corrected chi connectivity index (χ4v) is 5.05. The van der Waals surface area contributed by atoms with Gasteiger partial charge in [-0.2, -0.15) is 0 Å². The largest absolute Gasteiger partial charge is 0.456 e. The first-order valence-electron chi connectivity index (χ1n) is 19.0. The molecule has 0 N–H and O–H groups in total. The van der Waals surface area contributed by atoms with Gasteiger partial charge in [-0.25, -0.2) is 0 Å². The molecular weight excluding hydrogens is 448 g/mol. The fourth-order valence-electron chi connectivity index (χ4n) is 5.05. The van der Waals surface area contributed by atoms with Crippen molar-refractivity contribution in [1.29, 1.82) is 0 Å². The van der Waals surface area contributed by atoms with Gasteiger partial charge in [-0.1, -0.05) is 115 Å². The lowest BCUT2D eigenvalue weighted by atomic mass is 9.84. The zero-order valence-electron chi connectivity index (χ0n) is 33.9. The van der Waals surface area contributed by atoms with Crippen LogP contribution in [0.3, 0.4) is 0 Å². The SMILES string of the molecule is [2H]c1c([2H])c([2H])c2c(-c3c4c([2H])c([2H])c([2H])c([2H])c4c(-c4ccc5c(c4)oc4ccccc45)c4c([2H])c([2H])c([2H])c([2H])c34)c([2H])c([2H])c([2H])c2c1[2H]. The minimum Gasteiger partial charge on any atom is -0.456 e. The molecule has 0 unspecified atom stereocenters. The molecule has 1 heterocycles. The lowest BCUT2D eigenvalue weighted by molar-refractivity contribution is 0.669. The number of furan rings is 1. The van der Waals surface area contributed by atoms with Crippen molar-refractivity contribution in [2.75, 3.05) is 0 Å². The highest BCUT2D eigenvalue weighted by Crippen LogP contribution is 2.45. The number of rotatable bonds is 2. The summed E-state index contributed by atoms with van der Waals surface area (Å²) in [5, 5.41) is -0.286. The molecule has 172 valence electrons. The molecule has 1 aromatic heterocycles. The Kier molecular flexibility index (Phi) is 2.24. The van der Waals surface area contributed by atoms with E-state index >= 15 is 0 Å². The standard InChI is InChI=1S/C36H22O/c1-2-12-25-23(10-1)11-9-18-28(25)36-31-16-5-3-14-29(31)35(30-15-4-6-17-32(30)36)24-20-21-27-26-13-7-8-19-33(26)37-34(27)22-24/h1-22H/i1D,2D,3D,4D,5D,6D,9D,10D,11D,12D,14D,15D,16D,17D,18D. The minimum absolute atomic E-state index is 0.0102. The molecular formula is C36H22O. The van der Waals surface area contributed by atoms with Gasteiger partial charge < -0.3 is 4.42 Å². The van der Waals surface area contributed by atoms with Gasteiger partial charge in [0.1, 0.15) is 11.2 Å². The number of hydrogen-bond donors (Lipinski definition) is 0. The monoisotopic (exact) mass is 485 g/mol. The Morgan fingerprint density at radius 1 is 0.459 bits per heavy atom. The van der Waals surface area contributed by atoms with Crippen LogP contribution in [0.4, 0.5) is 0 Å². The van der Waals surface area contributed by atoms with E-state index in [1.54, 1.807) is 30.3 Å². The molecule has 1 heteroatoms. The van der Waals surface area contributed by atoms with Crippen molar-refractivity contribution >= 4 is 54.3 Å². The van der Waals surface area contributed by atoms with Crippen molar-refractivity contribution in [3.8, 4) is 22.3 Å². The summed E-state index contributed by atoms with van der Waals surface area (Å²) in [6.07, 6.45) is 0. The Balaban J connectivity index is 1.73. The second-order valence-corrected chi connectivity index (χ2v) is 8.56. The van der Waals surface area contributed by atoms with Gasteiger partial charge in [0, 0.05) is 10.8 Å². The smallest absolute Gasteiger partial charge is 0.136 e. The third-order valence-electron chi connectivity index (χ3n) is 6.60. The zero-order chi connectivity index (χ0) is 37.4. The number of fused-ring (bicyclic) bond motifs is 6. The van der Waals surface area contributed by atoms with Gasteiger partial charge in [0.2, 0.25) is 0 Å². The quantitative estimate of drug-likeness (QED) is 0.222. The summed E-state index contributed by atoms with van der Waals surface area (Å²) >= 11 is 0. The maximum atomic E-state index is 9.22. The third kappa shape index (κ3) is 2.98. The van der Waals surface area contributed by atoms with Crippen LogP contribution < -0.4 is 0 Å². The van der Waals surface area contributed by atoms with Gasteiger partial charge in [0.25, 0.3) is 0 Å². The Hall–Kier alpha value is -4.88. The van der Waals surface area contributed by atoms with Gasteiger partial charge in [-0.3, -0.25) is 0 Å². The van der Waals surface area contributed by atoms with Crippen molar-refractivity contribution in [3.63, 3.8) is 0 Å². The van der Waals surface area contributed by atoms with E-state index in [0.29, 0.717) is 11.2 Å². The Morgan fingerprint density at radius 2 is 1.05 bits per heavy atom. The summed E-state index contributed by atoms with van der Waals surface area (Å²) in [7, 11) is 0. The van der Waals surface area contributed by atoms with Gasteiger partial charge in [-0.15, -0.1) is 0 Å². The van der Waals surface area contributed by atoms with E-state index in [2.05, 4.69) is 0 Å². The molecule has 0 fully saturated rings. The lowest BCUT2D eigenvalue weighted by Gasteiger charge is -2.18. The Bertz CT molecular complexity index is 2880. The minimum atomic E-state index is -0.755. The second kappa shape index (κ2) is 7.81. The maximum absolute atomic E-state index is 9.22. The van der Waals surface area contributed by atoms with E-state index in [1.807, 2.05) is 12.1 Å². The van der Waals surface area contributed by atoms with E-state index in [9.17, 15) is 5.48 Å². The first-order chi connectivity index (χ1) is 24.6. The van der Waals surface area contributed by atoms with Crippen LogP contribution >= 0.6 is 0 Å². The van der Waals surface area contributed by atoms with E-state index in [-0.39, 0.29) is 38.2 Å². The van der Waals surface area contributed by atoms with Gasteiger partial charge in [-0.05, 0) is 72.8 Å². The molecule has 0 atom stereocenters. The fraction of sp³-hybridized carbons (Fsp3) is 0. The molecule has 0 amide bonds. The van der Waals surface area contributed by atoms with E-state index in [0.717, 1.165) is 10.8 Å². The van der Waals surface area contributed by atoms with Crippen LogP contribution in [0, 0.1) is 0 Å². The molecule has 0 aliphatic carbocycles. The van der Waals surface area contributed by atoms with E-state index in [1.165, 1.54) is 0 Å². The number of para-hydroxylation sites is 1. The average molecular weight is 486 g/mol. The van der Waals surface area contributed by atoms with Gasteiger partial charge in [0.05, 0.1) is 20.6 Å². The van der Waals surface area contributed by atoms with E-state index in [4.69, 9.17) is 19.5 Å². The normalized spacial score (nSPS) is 17.5. The van der Waals surface area contributed by atoms with Crippen LogP contribution in [-0.4, -0.2) is 0 Å². The van der Waals surface area contributed by atoms with Crippen molar-refractivity contribution < 1.29 is 25.0 Å². The summed E-state index contributed by atoms with van der Waals surface area (Å²) < 4.78 is 139. The van der Waals surface area contributed by atoms with Crippen LogP contribution in [0.25, 0.3) is 76.5 Å². The summed E-state index contributed by atoms with van der Waals surface area (Å²) in [5.41, 5.74) is 0.469. The van der Waals surface area contributed by atoms with Crippen molar-refractivity contribution in [3.05, 3.63) is 133 Å². The van der Waals surface area contributed by atoms with Crippen LogP contribution in [0.5, 0.6) is 0 Å². The zero-order valence-corrected chi connectivity index (χ0v) is 18.9. The predicted molar refractivity (Wildman–Crippen MR) is 157 cm³/mol.